The van der Waals surface area contributed by atoms with Crippen molar-refractivity contribution in [3.8, 4) is 5.75 Å². The van der Waals surface area contributed by atoms with Gasteiger partial charge in [-0.15, -0.1) is 10.2 Å². The van der Waals surface area contributed by atoms with E-state index in [-0.39, 0.29) is 79.8 Å². The first-order valence-electron chi connectivity index (χ1n) is 16.7. The van der Waals surface area contributed by atoms with E-state index in [2.05, 4.69) is 31.5 Å². The zero-order valence-electron chi connectivity index (χ0n) is 27.6. The summed E-state index contributed by atoms with van der Waals surface area (Å²) in [7, 11) is 0. The molecule has 1 aromatic rings. The number of benzene rings is 1. The number of ether oxygens (including phenoxy) is 3. The molecule has 0 bridgehead atoms. The molecule has 278 valence electrons. The number of rotatable bonds is 23. The number of nitrogen functional groups attached to an aromatic ring is 1. The monoisotopic (exact) mass is 730 g/mol. The number of hydrazine groups is 1. The number of carbonyl (C=O) groups excluding carboxylic acids is 4. The molecule has 2 fully saturated rings. The molecule has 0 aliphatic carbocycles. The minimum Gasteiger partial charge on any atom is -0.490 e. The van der Waals surface area contributed by atoms with Gasteiger partial charge in [-0.3, -0.25) is 19.8 Å². The van der Waals surface area contributed by atoms with E-state index in [0.717, 1.165) is 56.1 Å². The van der Waals surface area contributed by atoms with Crippen molar-refractivity contribution in [3.63, 3.8) is 0 Å². The summed E-state index contributed by atoms with van der Waals surface area (Å²) < 4.78 is 56.5. The van der Waals surface area contributed by atoms with Crippen LogP contribution in [0.1, 0.15) is 67.3 Å². The van der Waals surface area contributed by atoms with Crippen LogP contribution in [0.5, 0.6) is 5.75 Å². The zero-order valence-corrected chi connectivity index (χ0v) is 28.5. The third kappa shape index (κ3) is 11.4. The minimum absolute atomic E-state index is 0.0374. The summed E-state index contributed by atoms with van der Waals surface area (Å²) in [6, 6.07) is 3.64. The van der Waals surface area contributed by atoms with Crippen molar-refractivity contribution in [1.82, 2.24) is 26.7 Å². The number of hydrogen-bond acceptors (Lipinski definition) is 11. The van der Waals surface area contributed by atoms with E-state index in [1.54, 1.807) is 0 Å². The van der Waals surface area contributed by atoms with Crippen LogP contribution in [0, 0.1) is 0 Å². The SMILES string of the molecule is NNC(=O)c1ccc(C2(C(F)(F)F)N=N2)cc1OCCOCCOCCNC(=O)CCCCCNC(=O)CCCCC1SCC2NC(=O)NC21. The highest BCUT2D eigenvalue weighted by molar-refractivity contribution is 8.00. The molecule has 0 saturated carbocycles. The van der Waals surface area contributed by atoms with E-state index in [0.29, 0.717) is 37.6 Å². The molecule has 4 rings (SSSR count). The maximum Gasteiger partial charge on any atom is 0.442 e. The summed E-state index contributed by atoms with van der Waals surface area (Å²) in [4.78, 5) is 47.6. The molecule has 7 N–H and O–H groups in total. The number of nitrogens with two attached hydrogens (primary N) is 1. The molecule has 3 heterocycles. The van der Waals surface area contributed by atoms with E-state index in [9.17, 15) is 32.3 Å². The van der Waals surface area contributed by atoms with Crippen molar-refractivity contribution in [1.29, 1.82) is 0 Å². The van der Waals surface area contributed by atoms with Crippen LogP contribution in [0.15, 0.2) is 28.4 Å². The predicted octanol–water partition coefficient (Wildman–Crippen LogP) is 2.40. The third-order valence-electron chi connectivity index (χ3n) is 8.36. The number of fused-ring (bicyclic) bond motifs is 1. The van der Waals surface area contributed by atoms with Gasteiger partial charge in [-0.2, -0.15) is 24.9 Å². The van der Waals surface area contributed by atoms with Gasteiger partial charge in [0.15, 0.2) is 0 Å². The van der Waals surface area contributed by atoms with Crippen molar-refractivity contribution >= 4 is 35.5 Å². The molecule has 0 aromatic heterocycles. The van der Waals surface area contributed by atoms with Crippen molar-refractivity contribution in [2.75, 3.05) is 51.9 Å². The first-order chi connectivity index (χ1) is 24.0. The van der Waals surface area contributed by atoms with Gasteiger partial charge in [0.05, 0.1) is 44.1 Å². The lowest BCUT2D eigenvalue weighted by Crippen LogP contribution is -2.36. The highest BCUT2D eigenvalue weighted by Gasteiger charge is 2.65. The third-order valence-corrected chi connectivity index (χ3v) is 9.87. The van der Waals surface area contributed by atoms with Gasteiger partial charge in [-0.25, -0.2) is 10.6 Å². The minimum atomic E-state index is -4.73. The van der Waals surface area contributed by atoms with Crippen molar-refractivity contribution in [3.05, 3.63) is 29.3 Å². The van der Waals surface area contributed by atoms with Crippen LogP contribution in [-0.2, 0) is 24.7 Å². The van der Waals surface area contributed by atoms with Gasteiger partial charge in [0.1, 0.15) is 12.4 Å². The molecule has 2 saturated heterocycles. The largest absolute Gasteiger partial charge is 0.490 e. The topological polar surface area (TPSA) is 207 Å². The number of nitrogens with one attached hydrogen (secondary N) is 5. The fourth-order valence-corrected chi connectivity index (χ4v) is 7.17. The second-order valence-corrected chi connectivity index (χ2v) is 13.3. The fraction of sp³-hybridized carbons (Fsp3) is 0.677. The number of halogens is 3. The molecule has 15 nitrogen and oxygen atoms in total. The number of amides is 5. The smallest absolute Gasteiger partial charge is 0.442 e. The van der Waals surface area contributed by atoms with Gasteiger partial charge in [0.2, 0.25) is 11.8 Å². The van der Waals surface area contributed by atoms with Crippen LogP contribution in [-0.4, -0.2) is 99.1 Å². The van der Waals surface area contributed by atoms with Crippen molar-refractivity contribution in [2.24, 2.45) is 16.1 Å². The average Bonchev–Trinajstić information content (AvgIpc) is 3.73. The van der Waals surface area contributed by atoms with Crippen LogP contribution in [0.25, 0.3) is 0 Å². The maximum absolute atomic E-state index is 13.4. The Kier molecular flexibility index (Phi) is 14.9. The highest BCUT2D eigenvalue weighted by atomic mass is 32.2. The Balaban J connectivity index is 0.937. The molecule has 1 aromatic carbocycles. The predicted molar refractivity (Wildman–Crippen MR) is 176 cm³/mol. The Morgan fingerprint density at radius 2 is 1.60 bits per heavy atom. The standard InChI is InChI=1S/C31H45F3N8O7S/c32-31(33,34)30(41-42-30)20-9-10-21(28(45)40-35)23(18-20)49-17-16-48-15-14-47-13-12-37-26(44)7-2-1-5-11-36-25(43)8-4-3-6-24-27-22(19-50-24)38-29(46)39-27/h9-10,18,22,24,27H,1-8,11-17,19,35H2,(H,36,43)(H,37,44)(H,40,45)(H2,38,39,46). The lowest BCUT2D eigenvalue weighted by atomic mass is 10.00. The van der Waals surface area contributed by atoms with Crippen molar-refractivity contribution < 1.29 is 46.6 Å². The number of urea groups is 1. The molecule has 3 atom stereocenters. The Labute approximate surface area is 292 Å². The Bertz CT molecular complexity index is 1350. The quantitative estimate of drug-likeness (QED) is 0.0321. The van der Waals surface area contributed by atoms with E-state index in [1.807, 2.05) is 17.2 Å². The number of thioether (sulfide) groups is 1. The Hall–Kier alpha value is -3.68. The summed E-state index contributed by atoms with van der Waals surface area (Å²) in [5, 5.41) is 18.4. The van der Waals surface area contributed by atoms with E-state index in [4.69, 9.17) is 20.1 Å². The zero-order chi connectivity index (χ0) is 36.0. The van der Waals surface area contributed by atoms with Crippen LogP contribution >= 0.6 is 11.8 Å². The first kappa shape index (κ1) is 39.1. The molecular formula is C31H45F3N8O7S. The summed E-state index contributed by atoms with van der Waals surface area (Å²) >= 11 is 1.88. The van der Waals surface area contributed by atoms with Gasteiger partial charge in [0, 0.05) is 42.5 Å². The second kappa shape index (κ2) is 19.1. The Morgan fingerprint density at radius 1 is 0.920 bits per heavy atom. The molecule has 50 heavy (non-hydrogen) atoms. The van der Waals surface area contributed by atoms with E-state index in [1.165, 1.54) is 0 Å². The first-order valence-corrected chi connectivity index (χ1v) is 17.8. The van der Waals surface area contributed by atoms with Crippen molar-refractivity contribution in [2.45, 2.75) is 80.5 Å². The lowest BCUT2D eigenvalue weighted by Gasteiger charge is -2.17. The van der Waals surface area contributed by atoms with Crippen LogP contribution in [0.3, 0.4) is 0 Å². The highest BCUT2D eigenvalue weighted by Crippen LogP contribution is 2.53. The normalized spacial score (nSPS) is 20.1. The fourth-order valence-electron chi connectivity index (χ4n) is 5.63. The summed E-state index contributed by atoms with van der Waals surface area (Å²) in [6.07, 6.45) is 1.21. The summed E-state index contributed by atoms with van der Waals surface area (Å²) in [6.45, 7) is 1.66. The number of alkyl halides is 3. The van der Waals surface area contributed by atoms with Crippen LogP contribution < -0.4 is 37.3 Å². The maximum atomic E-state index is 13.4. The molecule has 3 aliphatic heterocycles. The lowest BCUT2D eigenvalue weighted by molar-refractivity contribution is -0.166. The van der Waals surface area contributed by atoms with E-state index < -0.39 is 17.7 Å². The summed E-state index contributed by atoms with van der Waals surface area (Å²) in [5.74, 6) is 5.20. The summed E-state index contributed by atoms with van der Waals surface area (Å²) in [5.41, 5.74) is -1.08. The second-order valence-electron chi connectivity index (χ2n) is 12.0. The Morgan fingerprint density at radius 3 is 2.30 bits per heavy atom. The molecule has 0 radical (unpaired) electrons. The van der Waals surface area contributed by atoms with Gasteiger partial charge in [-0.1, -0.05) is 18.9 Å². The number of carbonyl (C=O) groups is 4. The van der Waals surface area contributed by atoms with Gasteiger partial charge >= 0.3 is 17.9 Å². The molecule has 3 unspecified atom stereocenters. The van der Waals surface area contributed by atoms with E-state index >= 15 is 0 Å². The molecule has 5 amide bonds. The van der Waals surface area contributed by atoms with Gasteiger partial charge < -0.3 is 35.5 Å². The number of hydrogen-bond donors (Lipinski definition) is 6. The number of nitrogens with zero attached hydrogens (tertiary/aromatic N) is 2. The van der Waals surface area contributed by atoms with Gasteiger partial charge in [-0.05, 0) is 37.8 Å². The molecule has 19 heteroatoms. The average molecular weight is 731 g/mol. The van der Waals surface area contributed by atoms with Crippen LogP contribution in [0.2, 0.25) is 0 Å². The molecule has 0 spiro atoms. The number of unbranched alkanes of at least 4 members (excludes halogenated alkanes) is 3. The van der Waals surface area contributed by atoms with Gasteiger partial charge in [0.25, 0.3) is 5.91 Å². The molecule has 3 aliphatic rings. The molecular weight excluding hydrogens is 685 g/mol. The van der Waals surface area contributed by atoms with Crippen LogP contribution in [0.4, 0.5) is 18.0 Å².